The Morgan fingerprint density at radius 1 is 1.20 bits per heavy atom. The molecule has 2 aromatic carbocycles. The lowest BCUT2D eigenvalue weighted by Crippen LogP contribution is -2.56. The van der Waals surface area contributed by atoms with E-state index in [4.69, 9.17) is 39.0 Å². The monoisotopic (exact) mass is 599 g/mol. The molecule has 0 bridgehead atoms. The summed E-state index contributed by atoms with van der Waals surface area (Å²) in [5.74, 6) is -0.606. The van der Waals surface area contributed by atoms with Crippen molar-refractivity contribution in [2.24, 2.45) is 11.1 Å². The Bertz CT molecular complexity index is 1210. The Balaban J connectivity index is 1.79. The first-order valence-corrected chi connectivity index (χ1v) is 14.9. The van der Waals surface area contributed by atoms with E-state index in [2.05, 4.69) is 29.3 Å². The van der Waals surface area contributed by atoms with E-state index < -0.39 is 17.5 Å². The van der Waals surface area contributed by atoms with Gasteiger partial charge in [0.1, 0.15) is 17.6 Å². The molecule has 3 rings (SSSR count). The summed E-state index contributed by atoms with van der Waals surface area (Å²) in [6, 6.07) is 16.4. The van der Waals surface area contributed by atoms with Gasteiger partial charge >= 0.3 is 5.97 Å². The Morgan fingerprint density at radius 2 is 1.90 bits per heavy atom. The summed E-state index contributed by atoms with van der Waals surface area (Å²) in [5.41, 5.74) is 7.52. The molecule has 41 heavy (non-hydrogen) atoms. The van der Waals surface area contributed by atoms with Crippen molar-refractivity contribution < 1.29 is 19.1 Å². The zero-order valence-electron chi connectivity index (χ0n) is 24.3. The van der Waals surface area contributed by atoms with Crippen LogP contribution in [0.15, 0.2) is 66.7 Å². The van der Waals surface area contributed by atoms with Gasteiger partial charge in [-0.1, -0.05) is 85.4 Å². The molecule has 2 aromatic rings. The van der Waals surface area contributed by atoms with Crippen LogP contribution in [0.3, 0.4) is 0 Å². The third kappa shape index (κ3) is 10.2. The molecule has 0 aliphatic carbocycles. The van der Waals surface area contributed by atoms with Gasteiger partial charge < -0.3 is 25.4 Å². The van der Waals surface area contributed by atoms with Crippen molar-refractivity contribution in [2.75, 3.05) is 13.2 Å². The van der Waals surface area contributed by atoms with Crippen LogP contribution in [0.25, 0.3) is 0 Å². The molecule has 0 saturated carbocycles. The first-order chi connectivity index (χ1) is 19.5. The molecule has 3 N–H and O–H groups in total. The van der Waals surface area contributed by atoms with Crippen LogP contribution in [-0.4, -0.2) is 59.1 Å². The topological polar surface area (TPSA) is 93.9 Å². The van der Waals surface area contributed by atoms with Gasteiger partial charge in [-0.15, -0.1) is 0 Å². The van der Waals surface area contributed by atoms with E-state index in [1.54, 1.807) is 6.92 Å². The average molecular weight is 600 g/mol. The number of rotatable bonds is 13. The molecular weight excluding hydrogens is 558 g/mol. The lowest BCUT2D eigenvalue weighted by atomic mass is 9.83. The number of halogens is 1. The second-order valence-corrected chi connectivity index (χ2v) is 12.0. The second kappa shape index (κ2) is 15.4. The molecule has 1 amide bonds. The van der Waals surface area contributed by atoms with Gasteiger partial charge in [0, 0.05) is 29.9 Å². The van der Waals surface area contributed by atoms with Crippen molar-refractivity contribution in [3.8, 4) is 0 Å². The first-order valence-electron chi connectivity index (χ1n) is 14.1. The number of benzene rings is 2. The van der Waals surface area contributed by atoms with Crippen molar-refractivity contribution >= 4 is 40.7 Å². The van der Waals surface area contributed by atoms with Crippen LogP contribution in [0.4, 0.5) is 0 Å². The van der Waals surface area contributed by atoms with Crippen LogP contribution in [0.1, 0.15) is 51.7 Å². The second-order valence-electron chi connectivity index (χ2n) is 11.1. The predicted octanol–water partition coefficient (Wildman–Crippen LogP) is 5.24. The third-order valence-electron chi connectivity index (χ3n) is 7.21. The van der Waals surface area contributed by atoms with Crippen LogP contribution in [0.5, 0.6) is 0 Å². The summed E-state index contributed by atoms with van der Waals surface area (Å²) in [4.78, 5) is 27.1. The molecule has 1 aliphatic rings. The van der Waals surface area contributed by atoms with Crippen LogP contribution < -0.4 is 11.1 Å². The molecule has 0 aromatic heterocycles. The molecule has 1 aliphatic heterocycles. The molecule has 0 spiro atoms. The maximum absolute atomic E-state index is 12.7. The van der Waals surface area contributed by atoms with Gasteiger partial charge in [0.25, 0.3) is 0 Å². The number of nitrogens with one attached hydrogen (secondary N) is 1. The number of carbonyl (C=O) groups excluding carboxylic acids is 2. The molecule has 2 unspecified atom stereocenters. The largest absolute Gasteiger partial charge is 0.465 e. The van der Waals surface area contributed by atoms with E-state index in [0.717, 1.165) is 30.5 Å². The summed E-state index contributed by atoms with van der Waals surface area (Å²) in [6.07, 6.45) is 6.39. The van der Waals surface area contributed by atoms with Crippen LogP contribution in [0, 0.1) is 5.41 Å². The quantitative estimate of drug-likeness (QED) is 0.185. The van der Waals surface area contributed by atoms with Crippen LogP contribution >= 0.6 is 23.8 Å². The summed E-state index contributed by atoms with van der Waals surface area (Å²) in [5, 5.41) is 3.69. The molecule has 1 fully saturated rings. The summed E-state index contributed by atoms with van der Waals surface area (Å²) < 4.78 is 11.6. The number of amides is 1. The third-order valence-corrected chi connectivity index (χ3v) is 7.93. The Hall–Kier alpha value is -2.78. The van der Waals surface area contributed by atoms with E-state index in [1.165, 1.54) is 6.92 Å². The number of nitrogens with two attached hydrogens (primary N) is 1. The normalized spacial score (nSPS) is 18.9. The van der Waals surface area contributed by atoms with Crippen molar-refractivity contribution in [2.45, 2.75) is 77.8 Å². The summed E-state index contributed by atoms with van der Waals surface area (Å²) >= 11 is 12.2. The lowest BCUT2D eigenvalue weighted by molar-refractivity contribution is -0.143. The van der Waals surface area contributed by atoms with Gasteiger partial charge in [0.2, 0.25) is 5.91 Å². The van der Waals surface area contributed by atoms with Crippen molar-refractivity contribution in [1.82, 2.24) is 10.2 Å². The molecular formula is C32H42ClN3O4S. The minimum atomic E-state index is -0.677. The number of ether oxygens (including phenoxy) is 2. The number of nitrogens with zero attached hydrogens (tertiary/aromatic N) is 1. The van der Waals surface area contributed by atoms with Crippen molar-refractivity contribution in [1.29, 1.82) is 0 Å². The van der Waals surface area contributed by atoms with E-state index in [-0.39, 0.29) is 30.6 Å². The Labute approximate surface area is 254 Å². The fourth-order valence-corrected chi connectivity index (χ4v) is 5.58. The summed E-state index contributed by atoms with van der Waals surface area (Å²) in [6.45, 7) is 8.45. The van der Waals surface area contributed by atoms with Gasteiger partial charge in [-0.2, -0.15) is 0 Å². The number of esters is 1. The summed E-state index contributed by atoms with van der Waals surface area (Å²) in [7, 11) is 0. The maximum Gasteiger partial charge on any atom is 0.302 e. The zero-order valence-corrected chi connectivity index (χ0v) is 25.9. The van der Waals surface area contributed by atoms with Gasteiger partial charge in [-0.05, 0) is 56.4 Å². The fraction of sp³-hybridized carbons (Fsp3) is 0.469. The number of hydrogen-bond acceptors (Lipinski definition) is 6. The highest BCUT2D eigenvalue weighted by Gasteiger charge is 2.34. The molecule has 5 atom stereocenters. The van der Waals surface area contributed by atoms with E-state index in [1.807, 2.05) is 61.5 Å². The lowest BCUT2D eigenvalue weighted by Gasteiger charge is -2.34. The number of likely N-dealkylation sites (tertiary alicyclic amines) is 1. The van der Waals surface area contributed by atoms with E-state index >= 15 is 0 Å². The zero-order chi connectivity index (χ0) is 30.0. The van der Waals surface area contributed by atoms with Crippen molar-refractivity contribution in [3.63, 3.8) is 0 Å². The molecule has 9 heteroatoms. The minimum absolute atomic E-state index is 0.0227. The molecule has 1 saturated heterocycles. The predicted molar refractivity (Wildman–Crippen MR) is 168 cm³/mol. The Kier molecular flexibility index (Phi) is 12.3. The first kappa shape index (κ1) is 32.7. The van der Waals surface area contributed by atoms with Gasteiger partial charge in [0.05, 0.1) is 18.8 Å². The standard InChI is InChI=1S/C32H42ClN3O4S/c1-22(34)30(38)35-29(23(2)39-20-25-10-6-5-7-11-25)31(41)36-17-9-14-28(36)15-16-32(4,21-40-24(3)37)19-26-12-8-13-27(33)18-26/h5-8,10-13,15-16,18,22-23,28-29H,9,14,17,19-21,34H2,1-4H3,(H,35,38)/b16-15+/t22-,23?,28?,29-,32-/m0/s1. The smallest absolute Gasteiger partial charge is 0.302 e. The average Bonchev–Trinajstić information content (AvgIpc) is 3.41. The SMILES string of the molecule is CC(=O)OC[C@@](C)(/C=C/C1CCCN1C(=S)[C@@H](NC(=O)[C@H](C)N)C(C)OCc1ccccc1)Cc1cccc(Cl)c1. The highest BCUT2D eigenvalue weighted by Crippen LogP contribution is 2.29. The molecule has 222 valence electrons. The highest BCUT2D eigenvalue weighted by atomic mass is 35.5. The number of hydrogen-bond donors (Lipinski definition) is 2. The molecule has 7 nitrogen and oxygen atoms in total. The van der Waals surface area contributed by atoms with E-state index in [9.17, 15) is 9.59 Å². The fourth-order valence-electron chi connectivity index (χ4n) is 4.89. The van der Waals surface area contributed by atoms with Gasteiger partial charge in [-0.25, -0.2) is 0 Å². The maximum atomic E-state index is 12.7. The van der Waals surface area contributed by atoms with Crippen LogP contribution in [0.2, 0.25) is 5.02 Å². The van der Waals surface area contributed by atoms with Gasteiger partial charge in [0.15, 0.2) is 0 Å². The molecule has 1 heterocycles. The minimum Gasteiger partial charge on any atom is -0.465 e. The highest BCUT2D eigenvalue weighted by molar-refractivity contribution is 7.80. The van der Waals surface area contributed by atoms with Crippen LogP contribution in [-0.2, 0) is 32.1 Å². The Morgan fingerprint density at radius 3 is 2.56 bits per heavy atom. The van der Waals surface area contributed by atoms with E-state index in [0.29, 0.717) is 23.0 Å². The number of carbonyl (C=O) groups is 2. The van der Waals surface area contributed by atoms with Gasteiger partial charge in [-0.3, -0.25) is 9.59 Å². The molecule has 0 radical (unpaired) electrons. The van der Waals surface area contributed by atoms with Crippen molar-refractivity contribution in [3.05, 3.63) is 82.9 Å². The number of thiocarbonyl (C=S) groups is 1.